The van der Waals surface area contributed by atoms with Gasteiger partial charge in [-0.3, -0.25) is 4.98 Å². The molecular weight excluding hydrogens is 232 g/mol. The minimum atomic E-state index is 0.984. The molecule has 1 heterocycles. The van der Waals surface area contributed by atoms with Crippen molar-refractivity contribution in [3.8, 4) is 0 Å². The van der Waals surface area contributed by atoms with Crippen molar-refractivity contribution in [2.24, 2.45) is 0 Å². The fraction of sp³-hybridized carbons (Fsp3) is 0.353. The van der Waals surface area contributed by atoms with Crippen LogP contribution in [0.15, 0.2) is 42.6 Å². The van der Waals surface area contributed by atoms with E-state index in [1.807, 2.05) is 46.9 Å². The Bertz CT molecular complexity index is 468. The first-order valence-corrected chi connectivity index (χ1v) is 6.75. The van der Waals surface area contributed by atoms with Crippen molar-refractivity contribution in [1.29, 1.82) is 0 Å². The van der Waals surface area contributed by atoms with Crippen LogP contribution in [0.3, 0.4) is 0 Å². The number of aromatic nitrogens is 1. The highest BCUT2D eigenvalue weighted by molar-refractivity contribution is 5.72. The normalized spacial score (nSPS) is 11.5. The van der Waals surface area contributed by atoms with Crippen LogP contribution < -0.4 is 5.32 Å². The summed E-state index contributed by atoms with van der Waals surface area (Å²) in [7, 11) is 1.88. The van der Waals surface area contributed by atoms with E-state index in [4.69, 9.17) is 0 Å². The Kier molecular flexibility index (Phi) is 8.27. The molecule has 0 bridgehead atoms. The molecule has 1 N–H and O–H groups in total. The molecule has 0 spiro atoms. The van der Waals surface area contributed by atoms with E-state index in [1.165, 1.54) is 5.56 Å². The molecule has 0 unspecified atom stereocenters. The average molecular weight is 258 g/mol. The van der Waals surface area contributed by atoms with Gasteiger partial charge in [-0.1, -0.05) is 32.6 Å². The minimum Gasteiger partial charge on any atom is -0.388 e. The summed E-state index contributed by atoms with van der Waals surface area (Å²) in [5.74, 6) is 0. The zero-order chi connectivity index (χ0) is 14.8. The Morgan fingerprint density at radius 2 is 1.89 bits per heavy atom. The number of likely N-dealkylation sites (N-methyl/N-ethyl adjacent to an activating group) is 1. The Labute approximate surface area is 118 Å². The molecule has 0 aliphatic carbocycles. The smallest absolute Gasteiger partial charge is 0.0702 e. The van der Waals surface area contributed by atoms with Gasteiger partial charge in [0.05, 0.1) is 5.69 Å². The van der Waals surface area contributed by atoms with Crippen LogP contribution in [0.2, 0.25) is 0 Å². The zero-order valence-electron chi connectivity index (χ0n) is 13.0. The van der Waals surface area contributed by atoms with Crippen molar-refractivity contribution in [3.63, 3.8) is 0 Å². The number of nitrogens with zero attached hydrogens (tertiary/aromatic N) is 1. The quantitative estimate of drug-likeness (QED) is 0.809. The maximum atomic E-state index is 4.59. The molecule has 0 fully saturated rings. The topological polar surface area (TPSA) is 24.9 Å². The molecule has 0 aliphatic heterocycles. The zero-order valence-corrected chi connectivity index (χ0v) is 13.0. The number of nitrogens with one attached hydrogen (secondary N) is 1. The van der Waals surface area contributed by atoms with Crippen LogP contribution in [-0.4, -0.2) is 12.0 Å². The molecule has 0 saturated heterocycles. The fourth-order valence-electron chi connectivity index (χ4n) is 1.50. The lowest BCUT2D eigenvalue weighted by atomic mass is 10.1. The van der Waals surface area contributed by atoms with Gasteiger partial charge in [-0.05, 0) is 50.1 Å². The van der Waals surface area contributed by atoms with Crippen LogP contribution in [0.25, 0.3) is 5.57 Å². The number of allylic oxidation sites excluding steroid dienone is 4. The summed E-state index contributed by atoms with van der Waals surface area (Å²) in [5.41, 5.74) is 5.35. The third-order valence-electron chi connectivity index (χ3n) is 2.78. The predicted molar refractivity (Wildman–Crippen MR) is 86.0 cm³/mol. The van der Waals surface area contributed by atoms with Crippen molar-refractivity contribution < 1.29 is 0 Å². The summed E-state index contributed by atoms with van der Waals surface area (Å²) >= 11 is 0. The van der Waals surface area contributed by atoms with Crippen LogP contribution in [0, 0.1) is 13.8 Å². The van der Waals surface area contributed by atoms with Gasteiger partial charge in [0.15, 0.2) is 0 Å². The van der Waals surface area contributed by atoms with Crippen LogP contribution in [0.5, 0.6) is 0 Å². The first kappa shape index (κ1) is 17.2. The molecule has 1 aromatic rings. The number of pyridine rings is 1. The highest BCUT2D eigenvalue weighted by Crippen LogP contribution is 2.17. The SMILES string of the molecule is C=C/C(=C\C(=C/C)c1ccc(C)c(C)n1)NC.CC. The van der Waals surface area contributed by atoms with Crippen LogP contribution in [0.1, 0.15) is 37.7 Å². The molecule has 0 saturated carbocycles. The summed E-state index contributed by atoms with van der Waals surface area (Å²) in [6.45, 7) is 13.9. The average Bonchev–Trinajstić information content (AvgIpc) is 2.46. The van der Waals surface area contributed by atoms with Crippen LogP contribution >= 0.6 is 0 Å². The largest absolute Gasteiger partial charge is 0.388 e. The second-order valence-corrected chi connectivity index (χ2v) is 3.90. The van der Waals surface area contributed by atoms with E-state index in [2.05, 4.69) is 35.9 Å². The van der Waals surface area contributed by atoms with Gasteiger partial charge in [0.2, 0.25) is 0 Å². The number of hydrogen-bond acceptors (Lipinski definition) is 2. The summed E-state index contributed by atoms with van der Waals surface area (Å²) < 4.78 is 0. The highest BCUT2D eigenvalue weighted by Gasteiger charge is 2.02. The molecule has 0 atom stereocenters. The Hall–Kier alpha value is -1.83. The van der Waals surface area contributed by atoms with E-state index in [0.717, 1.165) is 22.7 Å². The minimum absolute atomic E-state index is 0.984. The third-order valence-corrected chi connectivity index (χ3v) is 2.78. The van der Waals surface area contributed by atoms with Gasteiger partial charge in [0.1, 0.15) is 0 Å². The third kappa shape index (κ3) is 5.12. The standard InChI is InChI=1S/C15H20N2.C2H6/c1-6-13(10-14(7-2)16-5)15-9-8-11(3)12(4)17-15;1-2/h6-10,16H,2H2,1,3-5H3;1-2H3/b13-6+,14-10+;. The number of rotatable bonds is 4. The van der Waals surface area contributed by atoms with Gasteiger partial charge in [-0.15, -0.1) is 0 Å². The molecule has 2 nitrogen and oxygen atoms in total. The van der Waals surface area contributed by atoms with E-state index in [9.17, 15) is 0 Å². The number of hydrogen-bond donors (Lipinski definition) is 1. The van der Waals surface area contributed by atoms with Crippen molar-refractivity contribution in [2.75, 3.05) is 7.05 Å². The first-order valence-electron chi connectivity index (χ1n) is 6.75. The summed E-state index contributed by atoms with van der Waals surface area (Å²) in [6, 6.07) is 4.15. The van der Waals surface area contributed by atoms with Crippen molar-refractivity contribution >= 4 is 5.57 Å². The summed E-state index contributed by atoms with van der Waals surface area (Å²) in [4.78, 5) is 4.59. The fourth-order valence-corrected chi connectivity index (χ4v) is 1.50. The molecule has 1 rings (SSSR count). The van der Waals surface area contributed by atoms with Crippen molar-refractivity contribution in [3.05, 3.63) is 59.6 Å². The van der Waals surface area contributed by atoms with Crippen LogP contribution in [0.4, 0.5) is 0 Å². The van der Waals surface area contributed by atoms with E-state index in [1.54, 1.807) is 6.08 Å². The van der Waals surface area contributed by atoms with E-state index >= 15 is 0 Å². The van der Waals surface area contributed by atoms with Gasteiger partial charge in [0, 0.05) is 18.4 Å². The summed E-state index contributed by atoms with van der Waals surface area (Å²) in [6.07, 6.45) is 5.90. The first-order chi connectivity index (χ1) is 9.12. The van der Waals surface area contributed by atoms with Gasteiger partial charge >= 0.3 is 0 Å². The molecule has 0 aliphatic rings. The number of aryl methyl sites for hydroxylation is 2. The second-order valence-electron chi connectivity index (χ2n) is 3.90. The van der Waals surface area contributed by atoms with E-state index < -0.39 is 0 Å². The molecule has 0 radical (unpaired) electrons. The molecule has 2 heteroatoms. The van der Waals surface area contributed by atoms with E-state index in [0.29, 0.717) is 0 Å². The molecule has 19 heavy (non-hydrogen) atoms. The molecule has 0 amide bonds. The molecule has 1 aromatic heterocycles. The monoisotopic (exact) mass is 258 g/mol. The Morgan fingerprint density at radius 1 is 1.26 bits per heavy atom. The summed E-state index contributed by atoms with van der Waals surface area (Å²) in [5, 5.41) is 3.09. The maximum absolute atomic E-state index is 4.59. The lowest BCUT2D eigenvalue weighted by molar-refractivity contribution is 1.03. The lowest BCUT2D eigenvalue weighted by Gasteiger charge is -2.07. The van der Waals surface area contributed by atoms with Gasteiger partial charge in [0.25, 0.3) is 0 Å². The lowest BCUT2D eigenvalue weighted by Crippen LogP contribution is -2.03. The highest BCUT2D eigenvalue weighted by atomic mass is 14.8. The Balaban J connectivity index is 0.00000154. The van der Waals surface area contributed by atoms with Gasteiger partial charge < -0.3 is 5.32 Å². The van der Waals surface area contributed by atoms with Crippen molar-refractivity contribution in [2.45, 2.75) is 34.6 Å². The van der Waals surface area contributed by atoms with Gasteiger partial charge in [-0.2, -0.15) is 0 Å². The van der Waals surface area contributed by atoms with Gasteiger partial charge in [-0.25, -0.2) is 0 Å². The second kappa shape index (κ2) is 9.15. The molecule has 104 valence electrons. The maximum Gasteiger partial charge on any atom is 0.0702 e. The molecular formula is C17H26N2. The molecule has 0 aromatic carbocycles. The van der Waals surface area contributed by atoms with E-state index in [-0.39, 0.29) is 0 Å². The van der Waals surface area contributed by atoms with Crippen molar-refractivity contribution in [1.82, 2.24) is 10.3 Å². The Morgan fingerprint density at radius 3 is 2.32 bits per heavy atom. The van der Waals surface area contributed by atoms with Crippen LogP contribution in [-0.2, 0) is 0 Å². The predicted octanol–water partition coefficient (Wildman–Crippen LogP) is 4.42.